The van der Waals surface area contributed by atoms with Crippen LogP contribution in [0.25, 0.3) is 0 Å². The highest BCUT2D eigenvalue weighted by molar-refractivity contribution is 7.98. The Kier molecular flexibility index (Phi) is 4.84. The first-order valence-corrected chi connectivity index (χ1v) is 10.1. The molecule has 1 N–H and O–H groups in total. The fourth-order valence-corrected chi connectivity index (χ4v) is 4.21. The van der Waals surface area contributed by atoms with Crippen molar-refractivity contribution in [3.63, 3.8) is 0 Å². The van der Waals surface area contributed by atoms with Gasteiger partial charge in [-0.25, -0.2) is 0 Å². The Morgan fingerprint density at radius 3 is 2.14 bits per heavy atom. The molecular formula is C23H17NO3S. The van der Waals surface area contributed by atoms with Crippen LogP contribution in [0, 0.1) is 0 Å². The Labute approximate surface area is 167 Å². The lowest BCUT2D eigenvalue weighted by atomic mass is 9.83. The molecule has 1 aliphatic carbocycles. The minimum atomic E-state index is -0.268. The standard InChI is InChI=1S/C23H17NO3S/c1-28-22-18(23(27)24-13-14-7-3-2-4-8-14)12-11-17-19(22)21(26)16-10-6-5-9-15(16)20(17)25/h2-12H,13H2,1H3,(H,24,27). The summed E-state index contributed by atoms with van der Waals surface area (Å²) in [5, 5.41) is 2.89. The molecule has 0 atom stereocenters. The van der Waals surface area contributed by atoms with Crippen molar-refractivity contribution in [1.82, 2.24) is 5.32 Å². The number of carbonyl (C=O) groups is 3. The molecule has 0 aliphatic heterocycles. The van der Waals surface area contributed by atoms with Crippen LogP contribution in [-0.4, -0.2) is 23.7 Å². The molecule has 5 heteroatoms. The first kappa shape index (κ1) is 18.2. The first-order valence-electron chi connectivity index (χ1n) is 8.83. The number of rotatable bonds is 4. The molecule has 0 saturated heterocycles. The number of thioether (sulfide) groups is 1. The zero-order valence-corrected chi connectivity index (χ0v) is 16.0. The Morgan fingerprint density at radius 1 is 0.821 bits per heavy atom. The summed E-state index contributed by atoms with van der Waals surface area (Å²) in [5.41, 5.74) is 2.86. The third kappa shape index (κ3) is 3.04. The fraction of sp³-hybridized carbons (Fsp3) is 0.0870. The van der Waals surface area contributed by atoms with E-state index in [2.05, 4.69) is 5.32 Å². The van der Waals surface area contributed by atoms with Gasteiger partial charge in [0.1, 0.15) is 0 Å². The van der Waals surface area contributed by atoms with Gasteiger partial charge in [0.2, 0.25) is 0 Å². The SMILES string of the molecule is CSc1c(C(=O)NCc2ccccc2)ccc2c1C(=O)c1ccccc1C2=O. The van der Waals surface area contributed by atoms with Crippen molar-refractivity contribution in [2.45, 2.75) is 11.4 Å². The van der Waals surface area contributed by atoms with Gasteiger partial charge in [-0.2, -0.15) is 0 Å². The maximum Gasteiger partial charge on any atom is 0.252 e. The topological polar surface area (TPSA) is 63.2 Å². The van der Waals surface area contributed by atoms with Crippen molar-refractivity contribution in [2.24, 2.45) is 0 Å². The predicted octanol–water partition coefficient (Wildman–Crippen LogP) is 4.11. The summed E-state index contributed by atoms with van der Waals surface area (Å²) in [6, 6.07) is 19.6. The van der Waals surface area contributed by atoms with Gasteiger partial charge in [0.05, 0.1) is 5.56 Å². The van der Waals surface area contributed by atoms with Gasteiger partial charge in [-0.05, 0) is 24.0 Å². The van der Waals surface area contributed by atoms with Gasteiger partial charge in [-0.1, -0.05) is 54.6 Å². The third-order valence-electron chi connectivity index (χ3n) is 4.79. The fourth-order valence-electron chi connectivity index (χ4n) is 3.42. The monoisotopic (exact) mass is 387 g/mol. The summed E-state index contributed by atoms with van der Waals surface area (Å²) in [4.78, 5) is 39.3. The second kappa shape index (κ2) is 7.44. The Morgan fingerprint density at radius 2 is 1.46 bits per heavy atom. The Hall–Kier alpha value is -3.18. The van der Waals surface area contributed by atoms with Crippen LogP contribution < -0.4 is 5.32 Å². The molecule has 0 fully saturated rings. The number of carbonyl (C=O) groups excluding carboxylic acids is 3. The number of ketones is 2. The van der Waals surface area contributed by atoms with Crippen LogP contribution in [-0.2, 0) is 6.54 Å². The van der Waals surface area contributed by atoms with E-state index in [1.165, 1.54) is 11.8 Å². The van der Waals surface area contributed by atoms with Gasteiger partial charge in [-0.3, -0.25) is 14.4 Å². The molecule has 1 amide bonds. The smallest absolute Gasteiger partial charge is 0.252 e. The summed E-state index contributed by atoms with van der Waals surface area (Å²) in [6.07, 6.45) is 1.81. The average Bonchev–Trinajstić information content (AvgIpc) is 2.75. The van der Waals surface area contributed by atoms with E-state index in [-0.39, 0.29) is 17.5 Å². The van der Waals surface area contributed by atoms with Crippen LogP contribution in [0.4, 0.5) is 0 Å². The van der Waals surface area contributed by atoms with Crippen molar-refractivity contribution >= 4 is 29.2 Å². The molecule has 0 saturated carbocycles. The quantitative estimate of drug-likeness (QED) is 0.535. The zero-order chi connectivity index (χ0) is 19.7. The Balaban J connectivity index is 1.72. The maximum atomic E-state index is 13.1. The van der Waals surface area contributed by atoms with Gasteiger partial charge in [0, 0.05) is 33.7 Å². The molecule has 28 heavy (non-hydrogen) atoms. The molecule has 0 spiro atoms. The number of nitrogens with one attached hydrogen (secondary N) is 1. The molecule has 138 valence electrons. The highest BCUT2D eigenvalue weighted by atomic mass is 32.2. The van der Waals surface area contributed by atoms with Crippen LogP contribution >= 0.6 is 11.8 Å². The summed E-state index contributed by atoms with van der Waals surface area (Å²) in [7, 11) is 0. The highest BCUT2D eigenvalue weighted by Crippen LogP contribution is 2.35. The van der Waals surface area contributed by atoms with Crippen LogP contribution in [0.5, 0.6) is 0 Å². The minimum Gasteiger partial charge on any atom is -0.348 e. The summed E-state index contributed by atoms with van der Waals surface area (Å²) < 4.78 is 0. The number of fused-ring (bicyclic) bond motifs is 2. The van der Waals surface area contributed by atoms with Crippen molar-refractivity contribution < 1.29 is 14.4 Å². The van der Waals surface area contributed by atoms with Gasteiger partial charge < -0.3 is 5.32 Å². The second-order valence-electron chi connectivity index (χ2n) is 6.44. The van der Waals surface area contributed by atoms with Crippen molar-refractivity contribution in [2.75, 3.05) is 6.26 Å². The third-order valence-corrected chi connectivity index (χ3v) is 5.62. The van der Waals surface area contributed by atoms with Gasteiger partial charge in [-0.15, -0.1) is 11.8 Å². The predicted molar refractivity (Wildman–Crippen MR) is 109 cm³/mol. The number of hydrogen-bond donors (Lipinski definition) is 1. The molecule has 0 heterocycles. The molecule has 0 bridgehead atoms. The summed E-state index contributed by atoms with van der Waals surface area (Å²) in [6.45, 7) is 0.389. The Bertz CT molecular complexity index is 1110. The van der Waals surface area contributed by atoms with E-state index < -0.39 is 0 Å². The van der Waals surface area contributed by atoms with E-state index in [1.54, 1.807) is 36.4 Å². The molecule has 0 unspecified atom stereocenters. The molecule has 4 rings (SSSR count). The van der Waals surface area contributed by atoms with Crippen LogP contribution in [0.2, 0.25) is 0 Å². The molecule has 3 aromatic carbocycles. The van der Waals surface area contributed by atoms with E-state index in [1.807, 2.05) is 36.6 Å². The zero-order valence-electron chi connectivity index (χ0n) is 15.2. The first-order chi connectivity index (χ1) is 13.6. The van der Waals surface area contributed by atoms with Crippen molar-refractivity contribution in [3.8, 4) is 0 Å². The van der Waals surface area contributed by atoms with Gasteiger partial charge >= 0.3 is 0 Å². The van der Waals surface area contributed by atoms with E-state index in [9.17, 15) is 14.4 Å². The maximum absolute atomic E-state index is 13.1. The van der Waals surface area contributed by atoms with Crippen molar-refractivity contribution in [1.29, 1.82) is 0 Å². The lowest BCUT2D eigenvalue weighted by molar-refractivity contribution is 0.0944. The second-order valence-corrected chi connectivity index (χ2v) is 7.26. The average molecular weight is 387 g/mol. The van der Waals surface area contributed by atoms with Gasteiger partial charge in [0.25, 0.3) is 5.91 Å². The van der Waals surface area contributed by atoms with Crippen molar-refractivity contribution in [3.05, 3.63) is 100 Å². The van der Waals surface area contributed by atoms with Gasteiger partial charge in [0.15, 0.2) is 11.6 Å². The van der Waals surface area contributed by atoms with Crippen LogP contribution in [0.3, 0.4) is 0 Å². The lowest BCUT2D eigenvalue weighted by Gasteiger charge is -2.21. The molecule has 1 aliphatic rings. The van der Waals surface area contributed by atoms with E-state index in [0.29, 0.717) is 39.3 Å². The number of benzene rings is 3. The summed E-state index contributed by atoms with van der Waals surface area (Å²) in [5.74, 6) is -0.667. The van der Waals surface area contributed by atoms with E-state index in [0.717, 1.165) is 5.56 Å². The molecular weight excluding hydrogens is 370 g/mol. The highest BCUT2D eigenvalue weighted by Gasteiger charge is 2.33. The molecule has 0 radical (unpaired) electrons. The molecule has 0 aromatic heterocycles. The number of hydrogen-bond acceptors (Lipinski definition) is 4. The van der Waals surface area contributed by atoms with Crippen LogP contribution in [0.1, 0.15) is 47.8 Å². The van der Waals surface area contributed by atoms with E-state index in [4.69, 9.17) is 0 Å². The number of amides is 1. The normalized spacial score (nSPS) is 12.3. The minimum absolute atomic E-state index is 0.184. The van der Waals surface area contributed by atoms with E-state index >= 15 is 0 Å². The molecule has 4 nitrogen and oxygen atoms in total. The lowest BCUT2D eigenvalue weighted by Crippen LogP contribution is -2.27. The summed E-state index contributed by atoms with van der Waals surface area (Å²) >= 11 is 1.31. The van der Waals surface area contributed by atoms with Crippen LogP contribution in [0.15, 0.2) is 71.6 Å². The molecule has 3 aromatic rings. The largest absolute Gasteiger partial charge is 0.348 e.